The molecule has 1 amide bonds. The predicted molar refractivity (Wildman–Crippen MR) is 65.2 cm³/mol. The number of amides is 1. The zero-order valence-corrected chi connectivity index (χ0v) is 10.4. The van der Waals surface area contributed by atoms with Crippen molar-refractivity contribution in [1.82, 2.24) is 10.2 Å². The molecule has 1 saturated carbocycles. The zero-order chi connectivity index (χ0) is 11.4. The summed E-state index contributed by atoms with van der Waals surface area (Å²) in [4.78, 5) is 14.1. The first-order chi connectivity index (χ1) is 7.79. The van der Waals surface area contributed by atoms with Crippen molar-refractivity contribution < 1.29 is 4.79 Å². The molecule has 0 bridgehead atoms. The average Bonchev–Trinajstić information content (AvgIpc) is 2.82. The maximum absolute atomic E-state index is 12.1. The van der Waals surface area contributed by atoms with Gasteiger partial charge < -0.3 is 10.2 Å². The van der Waals surface area contributed by atoms with Crippen LogP contribution in [-0.4, -0.2) is 37.0 Å². The highest BCUT2D eigenvalue weighted by Gasteiger charge is 2.25. The normalized spacial score (nSPS) is 23.9. The lowest BCUT2D eigenvalue weighted by molar-refractivity contribution is -0.133. The molecule has 3 heteroatoms. The van der Waals surface area contributed by atoms with Gasteiger partial charge >= 0.3 is 0 Å². The van der Waals surface area contributed by atoms with Crippen molar-refractivity contribution in [3.8, 4) is 0 Å². The molecule has 0 aromatic carbocycles. The first-order valence-corrected chi connectivity index (χ1v) is 6.74. The van der Waals surface area contributed by atoms with Gasteiger partial charge in [0.1, 0.15) is 0 Å². The van der Waals surface area contributed by atoms with E-state index < -0.39 is 0 Å². The van der Waals surface area contributed by atoms with Crippen molar-refractivity contribution >= 4 is 5.91 Å². The number of hydrogen-bond acceptors (Lipinski definition) is 2. The van der Waals surface area contributed by atoms with Crippen LogP contribution in [0.2, 0.25) is 0 Å². The fraction of sp³-hybridized carbons (Fsp3) is 0.923. The second-order valence-electron chi connectivity index (χ2n) is 5.30. The second-order valence-corrected chi connectivity index (χ2v) is 5.30. The van der Waals surface area contributed by atoms with Crippen LogP contribution in [-0.2, 0) is 4.79 Å². The summed E-state index contributed by atoms with van der Waals surface area (Å²) in [5, 5.41) is 3.30. The summed E-state index contributed by atoms with van der Waals surface area (Å²) in [6, 6.07) is 0.621. The Labute approximate surface area is 98.6 Å². The molecule has 1 saturated heterocycles. The summed E-state index contributed by atoms with van der Waals surface area (Å²) in [7, 11) is 2.01. The van der Waals surface area contributed by atoms with Gasteiger partial charge in [0.25, 0.3) is 0 Å². The number of hydrogen-bond donors (Lipinski definition) is 1. The molecule has 0 aromatic heterocycles. The number of piperidine rings is 1. The van der Waals surface area contributed by atoms with Gasteiger partial charge in [0.15, 0.2) is 0 Å². The third-order valence-corrected chi connectivity index (χ3v) is 4.19. The number of nitrogens with one attached hydrogen (secondary N) is 1. The molecule has 0 unspecified atom stereocenters. The van der Waals surface area contributed by atoms with Crippen LogP contribution in [0.25, 0.3) is 0 Å². The van der Waals surface area contributed by atoms with E-state index in [1.807, 2.05) is 7.05 Å². The van der Waals surface area contributed by atoms with Crippen LogP contribution >= 0.6 is 0 Å². The smallest absolute Gasteiger partial charge is 0.222 e. The molecule has 2 rings (SSSR count). The van der Waals surface area contributed by atoms with Gasteiger partial charge in [0.2, 0.25) is 5.91 Å². The number of nitrogens with zero attached hydrogens (tertiary/aromatic N) is 1. The van der Waals surface area contributed by atoms with Crippen LogP contribution in [0.4, 0.5) is 0 Å². The number of rotatable bonds is 3. The first kappa shape index (κ1) is 11.9. The molecule has 0 radical (unpaired) electrons. The van der Waals surface area contributed by atoms with Gasteiger partial charge in [-0.3, -0.25) is 4.79 Å². The average molecular weight is 224 g/mol. The van der Waals surface area contributed by atoms with Crippen molar-refractivity contribution in [2.45, 2.75) is 51.0 Å². The molecule has 2 fully saturated rings. The standard InChI is InChI=1S/C13H24N2O/c1-14-12-6-8-15(9-7-12)13(16)10-11-4-2-3-5-11/h11-12,14H,2-10H2,1H3. The summed E-state index contributed by atoms with van der Waals surface area (Å²) < 4.78 is 0. The quantitative estimate of drug-likeness (QED) is 0.792. The molecule has 16 heavy (non-hydrogen) atoms. The SMILES string of the molecule is CNC1CCN(C(=O)CC2CCCC2)CC1. The van der Waals surface area contributed by atoms with Crippen molar-refractivity contribution in [3.05, 3.63) is 0 Å². The monoisotopic (exact) mass is 224 g/mol. The molecule has 0 spiro atoms. The molecule has 3 nitrogen and oxygen atoms in total. The fourth-order valence-corrected chi connectivity index (χ4v) is 3.01. The van der Waals surface area contributed by atoms with Crippen molar-refractivity contribution in [2.75, 3.05) is 20.1 Å². The third kappa shape index (κ3) is 2.97. The van der Waals surface area contributed by atoms with Gasteiger partial charge in [0.05, 0.1) is 0 Å². The van der Waals surface area contributed by atoms with E-state index in [1.165, 1.54) is 25.7 Å². The minimum absolute atomic E-state index is 0.404. The van der Waals surface area contributed by atoms with Crippen LogP contribution in [0.1, 0.15) is 44.9 Å². The summed E-state index contributed by atoms with van der Waals surface area (Å²) >= 11 is 0. The van der Waals surface area contributed by atoms with E-state index in [0.717, 1.165) is 32.4 Å². The Morgan fingerprint density at radius 3 is 2.38 bits per heavy atom. The summed E-state index contributed by atoms with van der Waals surface area (Å²) in [6.07, 6.45) is 8.26. The highest BCUT2D eigenvalue weighted by molar-refractivity contribution is 5.76. The van der Waals surface area contributed by atoms with Gasteiger partial charge in [-0.25, -0.2) is 0 Å². The fourth-order valence-electron chi connectivity index (χ4n) is 3.01. The van der Waals surface area contributed by atoms with Gasteiger partial charge in [-0.1, -0.05) is 12.8 Å². The first-order valence-electron chi connectivity index (χ1n) is 6.74. The Hall–Kier alpha value is -0.570. The molecular weight excluding hydrogens is 200 g/mol. The molecule has 1 aliphatic carbocycles. The number of carbonyl (C=O) groups is 1. The van der Waals surface area contributed by atoms with Crippen LogP contribution in [0.15, 0.2) is 0 Å². The molecule has 1 aliphatic heterocycles. The highest BCUT2D eigenvalue weighted by atomic mass is 16.2. The number of likely N-dealkylation sites (tertiary alicyclic amines) is 1. The molecule has 2 aliphatic rings. The van der Waals surface area contributed by atoms with Crippen LogP contribution < -0.4 is 5.32 Å². The molecule has 0 atom stereocenters. The van der Waals surface area contributed by atoms with Crippen LogP contribution in [0.3, 0.4) is 0 Å². The molecule has 92 valence electrons. The lowest BCUT2D eigenvalue weighted by atomic mass is 10.0. The zero-order valence-electron chi connectivity index (χ0n) is 10.4. The lowest BCUT2D eigenvalue weighted by Crippen LogP contribution is -2.44. The highest BCUT2D eigenvalue weighted by Crippen LogP contribution is 2.28. The largest absolute Gasteiger partial charge is 0.343 e. The maximum Gasteiger partial charge on any atom is 0.222 e. The van der Waals surface area contributed by atoms with Crippen LogP contribution in [0.5, 0.6) is 0 Å². The van der Waals surface area contributed by atoms with E-state index in [-0.39, 0.29) is 0 Å². The summed E-state index contributed by atoms with van der Waals surface area (Å²) in [6.45, 7) is 1.91. The summed E-state index contributed by atoms with van der Waals surface area (Å²) in [5.41, 5.74) is 0. The molecule has 1 N–H and O–H groups in total. The topological polar surface area (TPSA) is 32.3 Å². The number of carbonyl (C=O) groups excluding carboxylic acids is 1. The van der Waals surface area contributed by atoms with Crippen molar-refractivity contribution in [3.63, 3.8) is 0 Å². The van der Waals surface area contributed by atoms with Crippen LogP contribution in [0, 0.1) is 5.92 Å². The van der Waals surface area contributed by atoms with E-state index in [9.17, 15) is 4.79 Å². The minimum atomic E-state index is 0.404. The Balaban J connectivity index is 1.73. The molecule has 0 aromatic rings. The maximum atomic E-state index is 12.1. The third-order valence-electron chi connectivity index (χ3n) is 4.19. The lowest BCUT2D eigenvalue weighted by Gasteiger charge is -2.32. The molecular formula is C13H24N2O. The van der Waals surface area contributed by atoms with Gasteiger partial charge in [0, 0.05) is 25.6 Å². The van der Waals surface area contributed by atoms with E-state index in [4.69, 9.17) is 0 Å². The summed E-state index contributed by atoms with van der Waals surface area (Å²) in [5.74, 6) is 1.09. The van der Waals surface area contributed by atoms with Crippen molar-refractivity contribution in [1.29, 1.82) is 0 Å². The van der Waals surface area contributed by atoms with Gasteiger partial charge in [-0.2, -0.15) is 0 Å². The van der Waals surface area contributed by atoms with E-state index in [1.54, 1.807) is 0 Å². The van der Waals surface area contributed by atoms with Crippen molar-refractivity contribution in [2.24, 2.45) is 5.92 Å². The van der Waals surface area contributed by atoms with E-state index in [2.05, 4.69) is 10.2 Å². The minimum Gasteiger partial charge on any atom is -0.343 e. The van der Waals surface area contributed by atoms with E-state index in [0.29, 0.717) is 17.9 Å². The predicted octanol–water partition coefficient (Wildman–Crippen LogP) is 1.78. The Kier molecular flexibility index (Phi) is 4.22. The second kappa shape index (κ2) is 5.67. The Morgan fingerprint density at radius 2 is 1.81 bits per heavy atom. The Bertz CT molecular complexity index is 228. The molecule has 1 heterocycles. The van der Waals surface area contributed by atoms with Gasteiger partial charge in [-0.05, 0) is 38.6 Å². The van der Waals surface area contributed by atoms with Gasteiger partial charge in [-0.15, -0.1) is 0 Å². The Morgan fingerprint density at radius 1 is 1.19 bits per heavy atom. The van der Waals surface area contributed by atoms with E-state index >= 15 is 0 Å².